The second-order valence-electron chi connectivity index (χ2n) is 5.60. The van der Waals surface area contributed by atoms with E-state index in [2.05, 4.69) is 21.2 Å². The van der Waals surface area contributed by atoms with Crippen molar-refractivity contribution in [2.24, 2.45) is 0 Å². The summed E-state index contributed by atoms with van der Waals surface area (Å²) in [6, 6.07) is 14.1. The Labute approximate surface area is 168 Å². The van der Waals surface area contributed by atoms with Gasteiger partial charge in [0.05, 0.1) is 12.0 Å². The van der Waals surface area contributed by atoms with E-state index < -0.39 is 17.1 Å². The lowest BCUT2D eigenvalue weighted by atomic mass is 10.2. The topological polar surface area (TPSA) is 75.7 Å². The molecule has 0 spiro atoms. The number of halogens is 1. The zero-order valence-electron chi connectivity index (χ0n) is 14.3. The number of amides is 3. The summed E-state index contributed by atoms with van der Waals surface area (Å²) in [7, 11) is 1.55. The van der Waals surface area contributed by atoms with Crippen LogP contribution in [0, 0.1) is 0 Å². The number of hydrogen-bond donors (Lipinski definition) is 1. The van der Waals surface area contributed by atoms with Crippen LogP contribution in [0.15, 0.2) is 57.9 Å². The fourth-order valence-electron chi connectivity index (χ4n) is 2.40. The zero-order chi connectivity index (χ0) is 19.4. The van der Waals surface area contributed by atoms with Gasteiger partial charge >= 0.3 is 0 Å². The minimum atomic E-state index is -0.477. The van der Waals surface area contributed by atoms with Gasteiger partial charge in [-0.25, -0.2) is 0 Å². The van der Waals surface area contributed by atoms with Crippen LogP contribution in [0.2, 0.25) is 0 Å². The Hall–Kier alpha value is -2.58. The number of benzene rings is 2. The summed E-state index contributed by atoms with van der Waals surface area (Å²) in [5.74, 6) is -0.266. The van der Waals surface area contributed by atoms with Gasteiger partial charge in [-0.1, -0.05) is 28.1 Å². The highest BCUT2D eigenvalue weighted by molar-refractivity contribution is 9.10. The summed E-state index contributed by atoms with van der Waals surface area (Å²) >= 11 is 4.19. The van der Waals surface area contributed by atoms with Crippen molar-refractivity contribution in [1.82, 2.24) is 4.90 Å². The molecule has 6 nitrogen and oxygen atoms in total. The molecule has 3 rings (SSSR count). The molecule has 0 bridgehead atoms. The minimum absolute atomic E-state index is 0.287. The Balaban J connectivity index is 1.67. The third-order valence-corrected chi connectivity index (χ3v) is 5.10. The summed E-state index contributed by atoms with van der Waals surface area (Å²) in [6.45, 7) is -0.341. The van der Waals surface area contributed by atoms with E-state index in [-0.39, 0.29) is 11.4 Å². The molecule has 27 heavy (non-hydrogen) atoms. The van der Waals surface area contributed by atoms with Gasteiger partial charge in [0.15, 0.2) is 0 Å². The minimum Gasteiger partial charge on any atom is -0.497 e. The van der Waals surface area contributed by atoms with E-state index >= 15 is 0 Å². The maximum atomic E-state index is 12.5. The Kier molecular flexibility index (Phi) is 5.98. The maximum absolute atomic E-state index is 12.5. The van der Waals surface area contributed by atoms with E-state index in [9.17, 15) is 14.4 Å². The lowest BCUT2D eigenvalue weighted by Gasteiger charge is -2.12. The van der Waals surface area contributed by atoms with Crippen molar-refractivity contribution in [3.05, 3.63) is 63.5 Å². The second-order valence-corrected chi connectivity index (χ2v) is 7.51. The highest BCUT2D eigenvalue weighted by atomic mass is 79.9. The van der Waals surface area contributed by atoms with Crippen LogP contribution in [0.25, 0.3) is 6.08 Å². The van der Waals surface area contributed by atoms with Crippen molar-refractivity contribution in [2.45, 2.75) is 0 Å². The third kappa shape index (κ3) is 4.78. The molecule has 0 unspecified atom stereocenters. The van der Waals surface area contributed by atoms with Crippen molar-refractivity contribution < 1.29 is 19.1 Å². The lowest BCUT2D eigenvalue weighted by Crippen LogP contribution is -2.36. The maximum Gasteiger partial charge on any atom is 0.294 e. The number of nitrogens with zero attached hydrogens (tertiary/aromatic N) is 1. The van der Waals surface area contributed by atoms with Gasteiger partial charge in [-0.15, -0.1) is 0 Å². The Morgan fingerprint density at radius 2 is 1.96 bits per heavy atom. The molecule has 1 aliphatic rings. The number of thioether (sulfide) groups is 1. The number of hydrogen-bond acceptors (Lipinski definition) is 5. The number of carbonyl (C=O) groups excluding carboxylic acids is 3. The number of imide groups is 1. The monoisotopic (exact) mass is 446 g/mol. The molecule has 1 aliphatic heterocycles. The summed E-state index contributed by atoms with van der Waals surface area (Å²) < 4.78 is 5.93. The van der Waals surface area contributed by atoms with Gasteiger partial charge in [-0.05, 0) is 59.8 Å². The average molecular weight is 447 g/mol. The Morgan fingerprint density at radius 1 is 1.22 bits per heavy atom. The number of carbonyl (C=O) groups is 3. The predicted octanol–water partition coefficient (Wildman–Crippen LogP) is 4.13. The molecule has 3 amide bonds. The lowest BCUT2D eigenvalue weighted by molar-refractivity contribution is -0.127. The van der Waals surface area contributed by atoms with Crippen LogP contribution in [0.4, 0.5) is 10.5 Å². The summed E-state index contributed by atoms with van der Waals surface area (Å²) in [6.07, 6.45) is 1.64. The number of anilines is 1. The van der Waals surface area contributed by atoms with Crippen LogP contribution in [0.3, 0.4) is 0 Å². The number of rotatable bonds is 5. The van der Waals surface area contributed by atoms with E-state index in [1.807, 2.05) is 24.3 Å². The summed E-state index contributed by atoms with van der Waals surface area (Å²) in [4.78, 5) is 38.1. The van der Waals surface area contributed by atoms with Gasteiger partial charge < -0.3 is 10.1 Å². The fraction of sp³-hybridized carbons (Fsp3) is 0.105. The molecule has 1 saturated heterocycles. The quantitative estimate of drug-likeness (QED) is 0.698. The van der Waals surface area contributed by atoms with Crippen molar-refractivity contribution in [3.8, 4) is 5.75 Å². The molecule has 1 fully saturated rings. The van der Waals surface area contributed by atoms with Gasteiger partial charge in [0.2, 0.25) is 5.91 Å². The van der Waals surface area contributed by atoms with Gasteiger partial charge in [-0.3, -0.25) is 19.3 Å². The second kappa shape index (κ2) is 8.41. The largest absolute Gasteiger partial charge is 0.497 e. The van der Waals surface area contributed by atoms with Crippen LogP contribution < -0.4 is 10.1 Å². The fourth-order valence-corrected chi connectivity index (χ4v) is 3.66. The predicted molar refractivity (Wildman–Crippen MR) is 108 cm³/mol. The van der Waals surface area contributed by atoms with E-state index in [0.717, 1.165) is 26.7 Å². The molecule has 0 aromatic heterocycles. The van der Waals surface area contributed by atoms with Crippen molar-refractivity contribution in [3.63, 3.8) is 0 Å². The van der Waals surface area contributed by atoms with Crippen LogP contribution in [-0.4, -0.2) is 35.6 Å². The molecular formula is C19H15BrN2O4S. The number of nitrogens with one attached hydrogen (secondary N) is 1. The normalized spacial score (nSPS) is 15.3. The Morgan fingerprint density at radius 3 is 2.63 bits per heavy atom. The zero-order valence-corrected chi connectivity index (χ0v) is 16.7. The van der Waals surface area contributed by atoms with Crippen molar-refractivity contribution in [2.75, 3.05) is 19.0 Å². The SMILES string of the molecule is COc1ccc(NC(=O)CN2C(=O)S/C(=C\c3cccc(Br)c3)C2=O)cc1. The molecule has 138 valence electrons. The molecular weight excluding hydrogens is 432 g/mol. The molecule has 1 heterocycles. The Bertz CT molecular complexity index is 928. The molecule has 2 aromatic carbocycles. The average Bonchev–Trinajstić information content (AvgIpc) is 2.90. The number of ether oxygens (including phenoxy) is 1. The van der Waals surface area contributed by atoms with Crippen LogP contribution >= 0.6 is 27.7 Å². The van der Waals surface area contributed by atoms with E-state index in [1.54, 1.807) is 37.5 Å². The molecule has 2 aromatic rings. The molecule has 0 saturated carbocycles. The summed E-state index contributed by atoms with van der Waals surface area (Å²) in [5.41, 5.74) is 1.34. The first kappa shape index (κ1) is 19.2. The summed E-state index contributed by atoms with van der Waals surface area (Å²) in [5, 5.41) is 2.19. The van der Waals surface area contributed by atoms with E-state index in [1.165, 1.54) is 0 Å². The molecule has 1 N–H and O–H groups in total. The van der Waals surface area contributed by atoms with E-state index in [4.69, 9.17) is 4.74 Å². The van der Waals surface area contributed by atoms with Crippen molar-refractivity contribution >= 4 is 56.5 Å². The van der Waals surface area contributed by atoms with Crippen LogP contribution in [0.5, 0.6) is 5.75 Å². The van der Waals surface area contributed by atoms with Gasteiger partial charge in [0.1, 0.15) is 12.3 Å². The molecule has 0 aliphatic carbocycles. The van der Waals surface area contributed by atoms with Crippen molar-refractivity contribution in [1.29, 1.82) is 0 Å². The number of methoxy groups -OCH3 is 1. The highest BCUT2D eigenvalue weighted by Gasteiger charge is 2.36. The first-order valence-corrected chi connectivity index (χ1v) is 9.52. The van der Waals surface area contributed by atoms with Crippen LogP contribution in [0.1, 0.15) is 5.56 Å². The molecule has 0 atom stereocenters. The van der Waals surface area contributed by atoms with Gasteiger partial charge in [0.25, 0.3) is 11.1 Å². The third-order valence-electron chi connectivity index (χ3n) is 3.70. The first-order valence-electron chi connectivity index (χ1n) is 7.91. The van der Waals surface area contributed by atoms with Gasteiger partial charge in [-0.2, -0.15) is 0 Å². The molecule has 8 heteroatoms. The van der Waals surface area contributed by atoms with Gasteiger partial charge in [0, 0.05) is 10.2 Å². The highest BCUT2D eigenvalue weighted by Crippen LogP contribution is 2.32. The smallest absolute Gasteiger partial charge is 0.294 e. The first-order chi connectivity index (χ1) is 13.0. The standard InChI is InChI=1S/C19H15BrN2O4S/c1-26-15-7-5-14(6-8-15)21-17(23)11-22-18(24)16(27-19(22)25)10-12-3-2-4-13(20)9-12/h2-10H,11H2,1H3,(H,21,23)/b16-10-. The molecule has 0 radical (unpaired) electrons. The van der Waals surface area contributed by atoms with E-state index in [0.29, 0.717) is 11.4 Å². The van der Waals surface area contributed by atoms with Crippen LogP contribution in [-0.2, 0) is 9.59 Å².